The molecule has 1 N–H and O–H groups in total. The number of unbranched alkanes of at least 4 members (excludes halogenated alkanes) is 1. The zero-order valence-corrected chi connectivity index (χ0v) is 14.8. The van der Waals surface area contributed by atoms with Gasteiger partial charge in [-0.2, -0.15) is 0 Å². The first kappa shape index (κ1) is 17.0. The van der Waals surface area contributed by atoms with Crippen LogP contribution in [0.1, 0.15) is 38.4 Å². The number of para-hydroxylation sites is 2. The lowest BCUT2D eigenvalue weighted by Gasteiger charge is -2.31. The van der Waals surface area contributed by atoms with E-state index in [2.05, 4.69) is 47.0 Å². The Morgan fingerprint density at radius 3 is 2.75 bits per heavy atom. The highest BCUT2D eigenvalue weighted by Gasteiger charge is 2.25. The number of piperidine rings is 1. The van der Waals surface area contributed by atoms with Gasteiger partial charge in [-0.3, -0.25) is 9.69 Å². The van der Waals surface area contributed by atoms with Crippen LogP contribution >= 0.6 is 0 Å². The monoisotopic (exact) mass is 328 g/mol. The van der Waals surface area contributed by atoms with E-state index in [1.54, 1.807) is 0 Å². The molecular weight excluding hydrogens is 300 g/mol. The van der Waals surface area contributed by atoms with Crippen molar-refractivity contribution in [1.29, 1.82) is 0 Å². The molecule has 5 nitrogen and oxygen atoms in total. The van der Waals surface area contributed by atoms with Crippen LogP contribution < -0.4 is 5.32 Å². The van der Waals surface area contributed by atoms with Crippen molar-refractivity contribution in [1.82, 2.24) is 19.8 Å². The summed E-state index contributed by atoms with van der Waals surface area (Å²) in [5.74, 6) is 1.52. The maximum absolute atomic E-state index is 12.2. The number of nitrogens with zero attached hydrogens (tertiary/aromatic N) is 3. The Bertz CT molecular complexity index is 686. The van der Waals surface area contributed by atoms with E-state index in [0.29, 0.717) is 0 Å². The SMILES string of the molecule is CCCCNC(=O)C1CCN(Cc2nc3ccccc3n2C)CC1. The molecule has 24 heavy (non-hydrogen) atoms. The van der Waals surface area contributed by atoms with Crippen LogP contribution in [-0.4, -0.2) is 40.0 Å². The number of amides is 1. The van der Waals surface area contributed by atoms with Gasteiger partial charge in [-0.05, 0) is 44.5 Å². The number of hydrogen-bond acceptors (Lipinski definition) is 3. The number of likely N-dealkylation sites (tertiary alicyclic amines) is 1. The van der Waals surface area contributed by atoms with E-state index in [1.165, 1.54) is 5.52 Å². The third kappa shape index (κ3) is 3.78. The number of carbonyl (C=O) groups is 1. The first-order valence-electron chi connectivity index (χ1n) is 9.09. The molecule has 3 rings (SSSR count). The second-order valence-corrected chi connectivity index (χ2v) is 6.77. The van der Waals surface area contributed by atoms with Crippen molar-refractivity contribution in [2.24, 2.45) is 13.0 Å². The standard InChI is InChI=1S/C19H28N4O/c1-3-4-11-20-19(24)15-9-12-23(13-10-15)14-18-21-16-7-5-6-8-17(16)22(18)2/h5-8,15H,3-4,9-14H2,1-2H3,(H,20,24). The Balaban J connectivity index is 1.53. The van der Waals surface area contributed by atoms with Crippen LogP contribution in [0.4, 0.5) is 0 Å². The number of benzene rings is 1. The normalized spacial score (nSPS) is 16.6. The van der Waals surface area contributed by atoms with E-state index in [1.807, 2.05) is 6.07 Å². The predicted octanol–water partition coefficient (Wildman–Crippen LogP) is 2.70. The van der Waals surface area contributed by atoms with E-state index in [0.717, 1.165) is 63.2 Å². The zero-order chi connectivity index (χ0) is 16.9. The van der Waals surface area contributed by atoms with Crippen molar-refractivity contribution in [2.45, 2.75) is 39.2 Å². The number of fused-ring (bicyclic) bond motifs is 1. The van der Waals surface area contributed by atoms with Crippen molar-refractivity contribution < 1.29 is 4.79 Å². The van der Waals surface area contributed by atoms with Crippen LogP contribution in [-0.2, 0) is 18.4 Å². The van der Waals surface area contributed by atoms with Gasteiger partial charge in [0.15, 0.2) is 0 Å². The van der Waals surface area contributed by atoms with Crippen LogP contribution in [0.15, 0.2) is 24.3 Å². The van der Waals surface area contributed by atoms with Crippen LogP contribution in [0.3, 0.4) is 0 Å². The number of hydrogen-bond donors (Lipinski definition) is 1. The van der Waals surface area contributed by atoms with Crippen LogP contribution in [0.25, 0.3) is 11.0 Å². The van der Waals surface area contributed by atoms with E-state index in [-0.39, 0.29) is 11.8 Å². The van der Waals surface area contributed by atoms with Gasteiger partial charge in [0.2, 0.25) is 5.91 Å². The molecule has 0 aliphatic carbocycles. The van der Waals surface area contributed by atoms with E-state index < -0.39 is 0 Å². The Morgan fingerprint density at radius 1 is 1.29 bits per heavy atom. The number of rotatable bonds is 6. The molecule has 0 atom stereocenters. The van der Waals surface area contributed by atoms with Gasteiger partial charge in [0.05, 0.1) is 17.6 Å². The molecule has 2 heterocycles. The zero-order valence-electron chi connectivity index (χ0n) is 14.8. The van der Waals surface area contributed by atoms with E-state index >= 15 is 0 Å². The highest BCUT2D eigenvalue weighted by molar-refractivity contribution is 5.78. The van der Waals surface area contributed by atoms with Crippen molar-refractivity contribution in [3.05, 3.63) is 30.1 Å². The summed E-state index contributed by atoms with van der Waals surface area (Å²) in [7, 11) is 2.08. The third-order valence-corrected chi connectivity index (χ3v) is 5.03. The lowest BCUT2D eigenvalue weighted by atomic mass is 9.96. The molecule has 0 bridgehead atoms. The van der Waals surface area contributed by atoms with Crippen LogP contribution in [0.2, 0.25) is 0 Å². The molecule has 130 valence electrons. The second-order valence-electron chi connectivity index (χ2n) is 6.77. The van der Waals surface area contributed by atoms with E-state index in [4.69, 9.17) is 4.98 Å². The Morgan fingerprint density at radius 2 is 2.04 bits per heavy atom. The van der Waals surface area contributed by atoms with Crippen molar-refractivity contribution in [3.63, 3.8) is 0 Å². The quantitative estimate of drug-likeness (QED) is 0.830. The first-order chi connectivity index (χ1) is 11.7. The van der Waals surface area contributed by atoms with Crippen molar-refractivity contribution in [3.8, 4) is 0 Å². The number of aryl methyl sites for hydroxylation is 1. The van der Waals surface area contributed by atoms with Crippen LogP contribution in [0, 0.1) is 5.92 Å². The average molecular weight is 328 g/mol. The minimum absolute atomic E-state index is 0.179. The smallest absolute Gasteiger partial charge is 0.223 e. The molecule has 1 amide bonds. The fourth-order valence-electron chi connectivity index (χ4n) is 3.42. The van der Waals surface area contributed by atoms with Gasteiger partial charge >= 0.3 is 0 Å². The summed E-state index contributed by atoms with van der Waals surface area (Å²) < 4.78 is 2.18. The topological polar surface area (TPSA) is 50.2 Å². The highest BCUT2D eigenvalue weighted by atomic mass is 16.1. The molecule has 0 spiro atoms. The average Bonchev–Trinajstić information content (AvgIpc) is 2.92. The van der Waals surface area contributed by atoms with Crippen LogP contribution in [0.5, 0.6) is 0 Å². The molecule has 1 aromatic carbocycles. The summed E-state index contributed by atoms with van der Waals surface area (Å²) in [6.45, 7) is 5.75. The van der Waals surface area contributed by atoms with Gasteiger partial charge in [-0.15, -0.1) is 0 Å². The summed E-state index contributed by atoms with van der Waals surface area (Å²) >= 11 is 0. The fourth-order valence-corrected chi connectivity index (χ4v) is 3.42. The van der Waals surface area contributed by atoms with Crippen molar-refractivity contribution >= 4 is 16.9 Å². The largest absolute Gasteiger partial charge is 0.356 e. The summed E-state index contributed by atoms with van der Waals surface area (Å²) in [6, 6.07) is 8.25. The molecule has 1 fully saturated rings. The highest BCUT2D eigenvalue weighted by Crippen LogP contribution is 2.21. The molecule has 0 radical (unpaired) electrons. The van der Waals surface area contributed by atoms with Gasteiger partial charge in [0.1, 0.15) is 5.82 Å². The Labute approximate surface area is 144 Å². The van der Waals surface area contributed by atoms with Gasteiger partial charge < -0.3 is 9.88 Å². The molecule has 0 saturated carbocycles. The summed E-state index contributed by atoms with van der Waals surface area (Å²) in [5.41, 5.74) is 2.23. The molecule has 1 saturated heterocycles. The second kappa shape index (κ2) is 7.79. The van der Waals surface area contributed by atoms with Gasteiger partial charge in [0, 0.05) is 19.5 Å². The molecular formula is C19H28N4O. The molecule has 1 aliphatic rings. The predicted molar refractivity (Wildman–Crippen MR) is 96.6 cm³/mol. The molecule has 1 aromatic heterocycles. The minimum atomic E-state index is 0.179. The lowest BCUT2D eigenvalue weighted by Crippen LogP contribution is -2.40. The number of nitrogens with one attached hydrogen (secondary N) is 1. The first-order valence-corrected chi connectivity index (χ1v) is 9.09. The lowest BCUT2D eigenvalue weighted by molar-refractivity contribution is -0.126. The molecule has 1 aliphatic heterocycles. The molecule has 0 unspecified atom stereocenters. The maximum atomic E-state index is 12.2. The minimum Gasteiger partial charge on any atom is -0.356 e. The van der Waals surface area contributed by atoms with Crippen molar-refractivity contribution in [2.75, 3.05) is 19.6 Å². The Hall–Kier alpha value is -1.88. The van der Waals surface area contributed by atoms with Gasteiger partial charge in [-0.1, -0.05) is 25.5 Å². The summed E-state index contributed by atoms with van der Waals surface area (Å²) in [5, 5.41) is 3.07. The number of imidazole rings is 1. The van der Waals surface area contributed by atoms with Gasteiger partial charge in [-0.25, -0.2) is 4.98 Å². The fraction of sp³-hybridized carbons (Fsp3) is 0.579. The third-order valence-electron chi connectivity index (χ3n) is 5.03. The van der Waals surface area contributed by atoms with Gasteiger partial charge in [0.25, 0.3) is 0 Å². The summed E-state index contributed by atoms with van der Waals surface area (Å²) in [4.78, 5) is 19.3. The molecule has 5 heteroatoms. The number of aromatic nitrogens is 2. The number of carbonyl (C=O) groups excluding carboxylic acids is 1. The summed E-state index contributed by atoms with van der Waals surface area (Å²) in [6.07, 6.45) is 4.08. The maximum Gasteiger partial charge on any atom is 0.223 e. The van der Waals surface area contributed by atoms with E-state index in [9.17, 15) is 4.79 Å². The Kier molecular flexibility index (Phi) is 5.51. The molecule has 2 aromatic rings.